The van der Waals surface area contributed by atoms with Crippen LogP contribution in [0.5, 0.6) is 5.75 Å². The third-order valence-electron chi connectivity index (χ3n) is 4.75. The third kappa shape index (κ3) is 6.84. The zero-order chi connectivity index (χ0) is 27.2. The van der Waals surface area contributed by atoms with Crippen molar-refractivity contribution >= 4 is 19.6 Å². The number of nitrogens with one attached hydrogen (secondary N) is 2. The van der Waals surface area contributed by atoms with Gasteiger partial charge in [-0.3, -0.25) is 19.1 Å². The van der Waals surface area contributed by atoms with E-state index in [1.54, 1.807) is 6.92 Å². The van der Waals surface area contributed by atoms with Gasteiger partial charge >= 0.3 is 19.4 Å². The third-order valence-corrected chi connectivity index (χ3v) is 6.39. The number of benzene rings is 1. The van der Waals surface area contributed by atoms with Crippen molar-refractivity contribution in [2.24, 2.45) is 5.11 Å². The van der Waals surface area contributed by atoms with E-state index in [9.17, 15) is 28.4 Å². The molecule has 1 aromatic carbocycles. The molecular weight excluding hydrogens is 518 g/mol. The molecule has 2 heterocycles. The van der Waals surface area contributed by atoms with Gasteiger partial charge in [-0.2, -0.15) is 5.09 Å². The normalized spacial score (nSPS) is 19.4. The zero-order valence-electron chi connectivity index (χ0n) is 19.4. The van der Waals surface area contributed by atoms with E-state index in [0.717, 1.165) is 29.0 Å². The molecule has 0 fully saturated rings. The summed E-state index contributed by atoms with van der Waals surface area (Å²) in [6, 6.07) is 4.25. The first-order valence-electron chi connectivity index (χ1n) is 10.7. The van der Waals surface area contributed by atoms with Crippen molar-refractivity contribution in [1.82, 2.24) is 14.6 Å². The highest BCUT2D eigenvalue weighted by Gasteiger charge is 2.40. The number of hydrogen-bond acceptors (Lipinski definition) is 10. The Morgan fingerprint density at radius 2 is 2.08 bits per heavy atom. The average molecular weight is 540 g/mol. The van der Waals surface area contributed by atoms with Crippen molar-refractivity contribution in [3.05, 3.63) is 79.3 Å². The topological polar surface area (TPSA) is 207 Å². The van der Waals surface area contributed by atoms with Crippen molar-refractivity contribution in [3.8, 4) is 5.75 Å². The summed E-state index contributed by atoms with van der Waals surface area (Å²) in [7, 11) is -4.41. The van der Waals surface area contributed by atoms with E-state index in [4.69, 9.17) is 24.1 Å². The molecule has 0 aliphatic carbocycles. The van der Waals surface area contributed by atoms with Crippen LogP contribution in [0.1, 0.15) is 13.8 Å². The van der Waals surface area contributed by atoms with Crippen LogP contribution in [0, 0.1) is 5.82 Å². The van der Waals surface area contributed by atoms with E-state index in [2.05, 4.69) is 15.1 Å². The lowest BCUT2D eigenvalue weighted by molar-refractivity contribution is -0.144. The Kier molecular flexibility index (Phi) is 8.86. The summed E-state index contributed by atoms with van der Waals surface area (Å²) < 4.78 is 48.8. The van der Waals surface area contributed by atoms with E-state index in [1.807, 2.05) is 4.98 Å². The molecule has 0 radical (unpaired) electrons. The number of halogens is 1. The molecule has 3 rings (SSSR count). The lowest BCUT2D eigenvalue weighted by Gasteiger charge is -2.24. The lowest BCUT2D eigenvalue weighted by atomic mass is 10.2. The van der Waals surface area contributed by atoms with Crippen molar-refractivity contribution in [2.75, 3.05) is 13.2 Å². The molecule has 1 aliphatic rings. The van der Waals surface area contributed by atoms with Gasteiger partial charge in [-0.25, -0.2) is 18.3 Å². The van der Waals surface area contributed by atoms with E-state index in [-0.39, 0.29) is 12.4 Å². The second-order valence-electron chi connectivity index (χ2n) is 7.40. The van der Waals surface area contributed by atoms with Crippen LogP contribution in [0.15, 0.2) is 56.9 Å². The first kappa shape index (κ1) is 27.6. The average Bonchev–Trinajstić information content (AvgIpc) is 3.15. The number of aliphatic hydroxyl groups is 1. The van der Waals surface area contributed by atoms with Crippen molar-refractivity contribution in [1.29, 1.82) is 0 Å². The molecule has 37 heavy (non-hydrogen) atoms. The van der Waals surface area contributed by atoms with Gasteiger partial charge in [-0.1, -0.05) is 5.11 Å². The minimum Gasteiger partial charge on any atom is -0.469 e. The maximum Gasteiger partial charge on any atom is 0.459 e. The molecule has 1 aromatic heterocycles. The molecule has 4 atom stereocenters. The minimum absolute atomic E-state index is 0.0533. The van der Waals surface area contributed by atoms with Crippen LogP contribution in [0.2, 0.25) is 0 Å². The molecule has 2 aromatic rings. The van der Waals surface area contributed by atoms with Gasteiger partial charge in [0.15, 0.2) is 6.10 Å². The summed E-state index contributed by atoms with van der Waals surface area (Å²) in [6.45, 7) is 2.30. The summed E-state index contributed by atoms with van der Waals surface area (Å²) in [4.78, 5) is 40.2. The first-order chi connectivity index (χ1) is 17.6. The number of hydrogen-bond donors (Lipinski definition) is 3. The predicted octanol–water partition coefficient (Wildman–Crippen LogP) is 1.62. The largest absolute Gasteiger partial charge is 0.469 e. The molecule has 3 N–H and O–H groups in total. The Hall–Kier alpha value is -3.94. The van der Waals surface area contributed by atoms with Crippen molar-refractivity contribution in [2.45, 2.75) is 32.1 Å². The summed E-state index contributed by atoms with van der Waals surface area (Å²) in [6.07, 6.45) is -2.00. The number of azide groups is 1. The summed E-state index contributed by atoms with van der Waals surface area (Å²) >= 11 is 0. The van der Waals surface area contributed by atoms with Gasteiger partial charge in [-0.05, 0) is 43.6 Å². The highest BCUT2D eigenvalue weighted by molar-refractivity contribution is 7.52. The smallest absolute Gasteiger partial charge is 0.459 e. The van der Waals surface area contributed by atoms with Gasteiger partial charge in [0.1, 0.15) is 29.4 Å². The Labute approximate surface area is 207 Å². The molecule has 0 spiro atoms. The number of ether oxygens (including phenoxy) is 2. The number of aromatic amines is 1. The number of carbonyl (C=O) groups is 1. The Bertz CT molecular complexity index is 1390. The quantitative estimate of drug-likeness (QED) is 0.123. The summed E-state index contributed by atoms with van der Waals surface area (Å²) in [5, 5.41) is 16.4. The van der Waals surface area contributed by atoms with Crippen LogP contribution in [-0.2, 0) is 23.4 Å². The standard InChI is InChI=1S/C20H22FN6O9P/c1-3-33-19(30)11(2)25-37(32,36-13-6-4-12(21)5-7-13)34-10-14-17(29)16(24-26-22)18(35-14)27-9-8-15(28)23-20(27)31/h4-9,11,14,17,29H,3,10H2,1-2H3,(H,25,32)(H,23,28,31)/t11-,14+,17+,37?/m0/s1. The van der Waals surface area contributed by atoms with Gasteiger partial charge in [0.05, 0.1) is 13.2 Å². The van der Waals surface area contributed by atoms with Gasteiger partial charge in [0, 0.05) is 17.2 Å². The number of H-pyrrole nitrogens is 1. The Morgan fingerprint density at radius 1 is 1.38 bits per heavy atom. The number of aromatic nitrogens is 2. The maximum atomic E-state index is 13.5. The fourth-order valence-electron chi connectivity index (χ4n) is 3.06. The second-order valence-corrected chi connectivity index (χ2v) is 9.10. The van der Waals surface area contributed by atoms with E-state index in [0.29, 0.717) is 0 Å². The lowest BCUT2D eigenvalue weighted by Crippen LogP contribution is -2.36. The zero-order valence-corrected chi connectivity index (χ0v) is 20.3. The Balaban J connectivity index is 1.84. The number of nitrogens with zero attached hydrogens (tertiary/aromatic N) is 4. The molecular formula is C20H22FN6O9P. The van der Waals surface area contributed by atoms with E-state index < -0.39 is 67.2 Å². The molecule has 17 heteroatoms. The van der Waals surface area contributed by atoms with Crippen molar-refractivity contribution in [3.63, 3.8) is 0 Å². The van der Waals surface area contributed by atoms with Crippen LogP contribution in [0.25, 0.3) is 16.3 Å². The molecule has 15 nitrogen and oxygen atoms in total. The van der Waals surface area contributed by atoms with Crippen LogP contribution in [0.3, 0.4) is 0 Å². The van der Waals surface area contributed by atoms with Crippen LogP contribution < -0.4 is 20.9 Å². The molecule has 1 unspecified atom stereocenters. The molecule has 1 aliphatic heterocycles. The molecule has 0 bridgehead atoms. The highest BCUT2D eigenvalue weighted by atomic mass is 31.2. The second kappa shape index (κ2) is 11.9. The number of rotatable bonds is 11. The first-order valence-corrected chi connectivity index (χ1v) is 12.2. The fraction of sp³-hybridized carbons (Fsp3) is 0.350. The van der Waals surface area contributed by atoms with E-state index in [1.165, 1.54) is 19.1 Å². The summed E-state index contributed by atoms with van der Waals surface area (Å²) in [5.41, 5.74) is 6.82. The molecule has 0 saturated carbocycles. The summed E-state index contributed by atoms with van der Waals surface area (Å²) in [5.74, 6) is -1.82. The maximum absolute atomic E-state index is 13.5. The van der Waals surface area contributed by atoms with Gasteiger partial charge in [0.2, 0.25) is 5.88 Å². The van der Waals surface area contributed by atoms with Gasteiger partial charge < -0.3 is 19.1 Å². The predicted molar refractivity (Wildman–Crippen MR) is 124 cm³/mol. The number of carbonyl (C=O) groups excluding carboxylic acids is 1. The number of aliphatic hydroxyl groups excluding tert-OH is 1. The SMILES string of the molecule is CCOC(=O)[C@H](C)NP(=O)(OC[C@H]1OC(n2ccc(=O)[nH]c2=O)=C(N=[N+]=[N-])[C@@H]1O)Oc1ccc(F)cc1. The monoisotopic (exact) mass is 540 g/mol. The van der Waals surface area contributed by atoms with Gasteiger partial charge in [-0.15, -0.1) is 0 Å². The number of esters is 1. The van der Waals surface area contributed by atoms with E-state index >= 15 is 0 Å². The van der Waals surface area contributed by atoms with Crippen LogP contribution in [0.4, 0.5) is 4.39 Å². The molecule has 0 saturated heterocycles. The van der Waals surface area contributed by atoms with Gasteiger partial charge in [0.25, 0.3) is 5.56 Å². The molecule has 198 valence electrons. The highest BCUT2D eigenvalue weighted by Crippen LogP contribution is 2.46. The molecule has 0 amide bonds. The Morgan fingerprint density at radius 3 is 2.70 bits per heavy atom. The fourth-order valence-corrected chi connectivity index (χ4v) is 4.56. The van der Waals surface area contributed by atoms with Crippen molar-refractivity contribution < 1.29 is 37.4 Å². The minimum atomic E-state index is -4.41. The van der Waals surface area contributed by atoms with Crippen LogP contribution in [-0.4, -0.2) is 52.1 Å². The van der Waals surface area contributed by atoms with Crippen LogP contribution >= 0.6 is 7.75 Å².